The summed E-state index contributed by atoms with van der Waals surface area (Å²) in [5.74, 6) is -0.116. The van der Waals surface area contributed by atoms with E-state index < -0.39 is 11.9 Å². The van der Waals surface area contributed by atoms with Crippen LogP contribution >= 0.6 is 0 Å². The van der Waals surface area contributed by atoms with Gasteiger partial charge in [-0.05, 0) is 56.4 Å². The number of amides is 2. The molecule has 3 rings (SSSR count). The summed E-state index contributed by atoms with van der Waals surface area (Å²) in [7, 11) is 0. The van der Waals surface area contributed by atoms with E-state index in [0.717, 1.165) is 6.42 Å². The van der Waals surface area contributed by atoms with Crippen molar-refractivity contribution < 1.29 is 19.1 Å². The number of nitrogens with one attached hydrogen (secondary N) is 1. The van der Waals surface area contributed by atoms with Crippen molar-refractivity contribution in [2.75, 3.05) is 25.0 Å². The maximum Gasteiger partial charge on any atom is 0.339 e. The number of carbonyl (C=O) groups is 3. The zero-order valence-electron chi connectivity index (χ0n) is 18.5. The van der Waals surface area contributed by atoms with E-state index in [0.29, 0.717) is 47.4 Å². The largest absolute Gasteiger partial charge is 0.462 e. The number of pyridine rings is 1. The van der Waals surface area contributed by atoms with E-state index >= 15 is 0 Å². The quantitative estimate of drug-likeness (QED) is 0.736. The van der Waals surface area contributed by atoms with Crippen molar-refractivity contribution in [1.82, 2.24) is 9.88 Å². The van der Waals surface area contributed by atoms with Gasteiger partial charge in [-0.15, -0.1) is 0 Å². The molecule has 0 aliphatic carbocycles. The molecular formula is C24H29N3O4. The highest BCUT2D eigenvalue weighted by molar-refractivity contribution is 6.08. The summed E-state index contributed by atoms with van der Waals surface area (Å²) in [4.78, 5) is 44.0. The Kier molecular flexibility index (Phi) is 7.05. The third kappa shape index (κ3) is 5.29. The lowest BCUT2D eigenvalue weighted by molar-refractivity contribution is 0.0524. The number of nitrogens with zero attached hydrogens (tertiary/aromatic N) is 2. The van der Waals surface area contributed by atoms with Gasteiger partial charge in [0.15, 0.2) is 0 Å². The van der Waals surface area contributed by atoms with Crippen LogP contribution < -0.4 is 5.32 Å². The number of anilines is 1. The van der Waals surface area contributed by atoms with Gasteiger partial charge in [0.1, 0.15) is 5.69 Å². The van der Waals surface area contributed by atoms with E-state index in [2.05, 4.69) is 24.1 Å². The van der Waals surface area contributed by atoms with Crippen LogP contribution in [-0.4, -0.2) is 47.4 Å². The molecular weight excluding hydrogens is 394 g/mol. The summed E-state index contributed by atoms with van der Waals surface area (Å²) in [6.07, 6.45) is 1.11. The van der Waals surface area contributed by atoms with E-state index in [1.54, 1.807) is 38.1 Å². The molecule has 1 aliphatic heterocycles. The first-order valence-electron chi connectivity index (χ1n) is 10.6. The summed E-state index contributed by atoms with van der Waals surface area (Å²) in [6.45, 7) is 9.36. The van der Waals surface area contributed by atoms with Gasteiger partial charge in [0, 0.05) is 13.1 Å². The lowest BCUT2D eigenvalue weighted by Crippen LogP contribution is -2.42. The maximum absolute atomic E-state index is 13.2. The maximum atomic E-state index is 13.2. The Bertz CT molecular complexity index is 979. The summed E-state index contributed by atoms with van der Waals surface area (Å²) < 4.78 is 5.00. The molecule has 1 aromatic heterocycles. The van der Waals surface area contributed by atoms with Gasteiger partial charge < -0.3 is 15.0 Å². The van der Waals surface area contributed by atoms with Crippen LogP contribution in [0.1, 0.15) is 64.1 Å². The van der Waals surface area contributed by atoms with Crippen molar-refractivity contribution in [2.24, 2.45) is 11.8 Å². The summed E-state index contributed by atoms with van der Waals surface area (Å²) in [5, 5.41) is 2.81. The molecule has 1 saturated heterocycles. The number of aryl methyl sites for hydroxylation is 1. The van der Waals surface area contributed by atoms with Crippen LogP contribution in [0.2, 0.25) is 0 Å². The number of hydrogen-bond donors (Lipinski definition) is 1. The lowest BCUT2D eigenvalue weighted by atomic mass is 9.91. The van der Waals surface area contributed by atoms with Crippen LogP contribution in [0.15, 0.2) is 36.4 Å². The fourth-order valence-electron chi connectivity index (χ4n) is 4.08. The standard InChI is InChI=1S/C24H29N3O4/c1-5-31-24(30)18-10-11-21(25-17(18)4)22(28)26-20-9-7-6-8-19(20)23(29)27-13-15(2)12-16(3)14-27/h6-11,15-16H,5,12-14H2,1-4H3,(H,26,28). The third-order valence-electron chi connectivity index (χ3n) is 5.38. The van der Waals surface area contributed by atoms with Crippen LogP contribution in [0.5, 0.6) is 0 Å². The number of aromatic nitrogens is 1. The Hall–Kier alpha value is -3.22. The molecule has 31 heavy (non-hydrogen) atoms. The van der Waals surface area contributed by atoms with Crippen molar-refractivity contribution in [3.63, 3.8) is 0 Å². The number of likely N-dealkylation sites (tertiary alicyclic amines) is 1. The molecule has 164 valence electrons. The number of benzene rings is 1. The van der Waals surface area contributed by atoms with Crippen molar-refractivity contribution in [2.45, 2.75) is 34.1 Å². The Morgan fingerprint density at radius 3 is 2.39 bits per heavy atom. The van der Waals surface area contributed by atoms with Gasteiger partial charge in [0.25, 0.3) is 11.8 Å². The number of para-hydroxylation sites is 1. The van der Waals surface area contributed by atoms with Crippen LogP contribution in [0.4, 0.5) is 5.69 Å². The van der Waals surface area contributed by atoms with Crippen molar-refractivity contribution in [3.8, 4) is 0 Å². The molecule has 2 amide bonds. The molecule has 1 N–H and O–H groups in total. The SMILES string of the molecule is CCOC(=O)c1ccc(C(=O)Nc2ccccc2C(=O)N2CC(C)CC(C)C2)nc1C. The number of piperidine rings is 1. The fourth-order valence-corrected chi connectivity index (χ4v) is 4.08. The van der Waals surface area contributed by atoms with Gasteiger partial charge in [-0.25, -0.2) is 9.78 Å². The molecule has 7 heteroatoms. The molecule has 0 radical (unpaired) electrons. The average Bonchev–Trinajstić information content (AvgIpc) is 2.73. The van der Waals surface area contributed by atoms with Crippen LogP contribution in [-0.2, 0) is 4.74 Å². The fraction of sp³-hybridized carbons (Fsp3) is 0.417. The van der Waals surface area contributed by atoms with E-state index in [9.17, 15) is 14.4 Å². The first-order valence-corrected chi connectivity index (χ1v) is 10.6. The minimum Gasteiger partial charge on any atom is -0.462 e. The number of rotatable bonds is 5. The van der Waals surface area contributed by atoms with Crippen LogP contribution in [0, 0.1) is 18.8 Å². The molecule has 1 aromatic carbocycles. The van der Waals surface area contributed by atoms with Gasteiger partial charge in [0.2, 0.25) is 0 Å². The molecule has 1 fully saturated rings. The second kappa shape index (κ2) is 9.73. The minimum atomic E-state index is -0.472. The molecule has 0 spiro atoms. The predicted molar refractivity (Wildman–Crippen MR) is 118 cm³/mol. The topological polar surface area (TPSA) is 88.6 Å². The number of hydrogen-bond acceptors (Lipinski definition) is 5. The first kappa shape index (κ1) is 22.5. The number of carbonyl (C=O) groups excluding carboxylic acids is 3. The second-order valence-electron chi connectivity index (χ2n) is 8.21. The Morgan fingerprint density at radius 2 is 1.74 bits per heavy atom. The van der Waals surface area contributed by atoms with Crippen LogP contribution in [0.3, 0.4) is 0 Å². The molecule has 2 atom stereocenters. The molecule has 7 nitrogen and oxygen atoms in total. The van der Waals surface area contributed by atoms with Crippen molar-refractivity contribution in [1.29, 1.82) is 0 Å². The highest BCUT2D eigenvalue weighted by Crippen LogP contribution is 2.25. The van der Waals surface area contributed by atoms with Gasteiger partial charge in [0.05, 0.1) is 29.1 Å². The summed E-state index contributed by atoms with van der Waals surface area (Å²) in [6, 6.07) is 10.0. The van der Waals surface area contributed by atoms with E-state index in [4.69, 9.17) is 4.74 Å². The summed E-state index contributed by atoms with van der Waals surface area (Å²) >= 11 is 0. The molecule has 2 heterocycles. The second-order valence-corrected chi connectivity index (χ2v) is 8.21. The van der Waals surface area contributed by atoms with Crippen molar-refractivity contribution >= 4 is 23.5 Å². The van der Waals surface area contributed by atoms with Crippen molar-refractivity contribution in [3.05, 3.63) is 58.9 Å². The van der Waals surface area contributed by atoms with Gasteiger partial charge in [-0.1, -0.05) is 26.0 Å². The lowest BCUT2D eigenvalue weighted by Gasteiger charge is -2.35. The Morgan fingerprint density at radius 1 is 1.06 bits per heavy atom. The van der Waals surface area contributed by atoms with Gasteiger partial charge in [-0.2, -0.15) is 0 Å². The van der Waals surface area contributed by atoms with Gasteiger partial charge in [-0.3, -0.25) is 9.59 Å². The third-order valence-corrected chi connectivity index (χ3v) is 5.38. The van der Waals surface area contributed by atoms with E-state index in [1.807, 2.05) is 4.90 Å². The Labute approximate surface area is 182 Å². The number of ether oxygens (including phenoxy) is 1. The molecule has 0 bridgehead atoms. The van der Waals surface area contributed by atoms with Gasteiger partial charge >= 0.3 is 5.97 Å². The highest BCUT2D eigenvalue weighted by Gasteiger charge is 2.27. The zero-order chi connectivity index (χ0) is 22.5. The molecule has 2 unspecified atom stereocenters. The molecule has 0 saturated carbocycles. The molecule has 1 aliphatic rings. The predicted octanol–water partition coefficient (Wildman–Crippen LogP) is 3.94. The molecule has 2 aromatic rings. The highest BCUT2D eigenvalue weighted by atomic mass is 16.5. The minimum absolute atomic E-state index is 0.0869. The average molecular weight is 424 g/mol. The summed E-state index contributed by atoms with van der Waals surface area (Å²) in [5.41, 5.74) is 1.79. The number of esters is 1. The van der Waals surface area contributed by atoms with E-state index in [-0.39, 0.29) is 18.2 Å². The Balaban J connectivity index is 1.79. The van der Waals surface area contributed by atoms with E-state index in [1.165, 1.54) is 12.1 Å². The smallest absolute Gasteiger partial charge is 0.339 e. The van der Waals surface area contributed by atoms with Crippen LogP contribution in [0.25, 0.3) is 0 Å². The first-order chi connectivity index (χ1) is 14.8. The zero-order valence-corrected chi connectivity index (χ0v) is 18.5. The monoisotopic (exact) mass is 423 g/mol. The normalized spacial score (nSPS) is 18.4.